The van der Waals surface area contributed by atoms with E-state index in [0.717, 1.165) is 30.8 Å². The fraction of sp³-hybridized carbons (Fsp3) is 0.562. The summed E-state index contributed by atoms with van der Waals surface area (Å²) in [5.41, 5.74) is 7.13. The van der Waals surface area contributed by atoms with Crippen LogP contribution in [0.25, 0.3) is 0 Å². The van der Waals surface area contributed by atoms with Crippen molar-refractivity contribution in [3.8, 4) is 5.75 Å². The van der Waals surface area contributed by atoms with E-state index in [1.807, 2.05) is 29.2 Å². The molecule has 1 amide bonds. The minimum Gasteiger partial charge on any atom is -0.497 e. The van der Waals surface area contributed by atoms with Gasteiger partial charge in [0.25, 0.3) is 0 Å². The number of nitrogens with zero attached hydrogens (tertiary/aromatic N) is 1. The van der Waals surface area contributed by atoms with Gasteiger partial charge in [0, 0.05) is 19.1 Å². The summed E-state index contributed by atoms with van der Waals surface area (Å²) in [5, 5.41) is 0. The number of carbonyl (C=O) groups excluding carboxylic acids is 1. The van der Waals surface area contributed by atoms with Gasteiger partial charge in [0.15, 0.2) is 0 Å². The summed E-state index contributed by atoms with van der Waals surface area (Å²) in [7, 11) is 1.64. The first kappa shape index (κ1) is 16.1. The molecule has 3 unspecified atom stereocenters. The molecule has 4 nitrogen and oxygen atoms in total. The Hall–Kier alpha value is -1.26. The Morgan fingerprint density at radius 2 is 2.19 bits per heavy atom. The average Bonchev–Trinajstić information content (AvgIpc) is 3.02. The Kier molecular flexibility index (Phi) is 5.12. The number of ether oxygens (including phenoxy) is 1. The quantitative estimate of drug-likeness (QED) is 0.927. The second-order valence-electron chi connectivity index (χ2n) is 5.99. The highest BCUT2D eigenvalue weighted by atomic mass is 35.5. The van der Waals surface area contributed by atoms with Crippen LogP contribution in [-0.4, -0.2) is 37.0 Å². The van der Waals surface area contributed by atoms with Gasteiger partial charge in [0.05, 0.1) is 13.5 Å². The number of hydrogen-bond donors (Lipinski definition) is 1. The van der Waals surface area contributed by atoms with Gasteiger partial charge in [-0.1, -0.05) is 12.1 Å². The van der Waals surface area contributed by atoms with Crippen molar-refractivity contribution in [2.45, 2.75) is 25.3 Å². The Bertz CT molecular complexity index is 509. The van der Waals surface area contributed by atoms with Crippen molar-refractivity contribution in [1.82, 2.24) is 4.90 Å². The van der Waals surface area contributed by atoms with Crippen LogP contribution >= 0.6 is 12.4 Å². The maximum absolute atomic E-state index is 12.4. The highest BCUT2D eigenvalue weighted by Crippen LogP contribution is 2.37. The molecule has 1 saturated carbocycles. The molecule has 1 aromatic rings. The summed E-state index contributed by atoms with van der Waals surface area (Å²) in [4.78, 5) is 14.4. The molecule has 1 saturated heterocycles. The van der Waals surface area contributed by atoms with Crippen LogP contribution in [0.15, 0.2) is 24.3 Å². The van der Waals surface area contributed by atoms with Crippen molar-refractivity contribution in [3.63, 3.8) is 0 Å². The van der Waals surface area contributed by atoms with Crippen molar-refractivity contribution >= 4 is 18.3 Å². The summed E-state index contributed by atoms with van der Waals surface area (Å²) in [6.45, 7) is 1.73. The first-order chi connectivity index (χ1) is 9.67. The van der Waals surface area contributed by atoms with E-state index in [1.165, 1.54) is 6.42 Å². The third-order valence-electron chi connectivity index (χ3n) is 4.75. The molecule has 1 heterocycles. The monoisotopic (exact) mass is 310 g/mol. The predicted octanol–water partition coefficient (Wildman–Crippen LogP) is 1.86. The highest BCUT2D eigenvalue weighted by Gasteiger charge is 2.42. The number of hydrogen-bond acceptors (Lipinski definition) is 3. The lowest BCUT2D eigenvalue weighted by atomic mass is 9.98. The van der Waals surface area contributed by atoms with Crippen molar-refractivity contribution in [2.24, 2.45) is 17.6 Å². The summed E-state index contributed by atoms with van der Waals surface area (Å²) >= 11 is 0. The van der Waals surface area contributed by atoms with E-state index in [9.17, 15) is 4.79 Å². The van der Waals surface area contributed by atoms with Crippen LogP contribution in [0.4, 0.5) is 0 Å². The van der Waals surface area contributed by atoms with Crippen LogP contribution in [0.5, 0.6) is 5.75 Å². The third kappa shape index (κ3) is 3.33. The molecule has 2 N–H and O–H groups in total. The van der Waals surface area contributed by atoms with Crippen LogP contribution in [0.1, 0.15) is 18.4 Å². The predicted molar refractivity (Wildman–Crippen MR) is 84.7 cm³/mol. The Morgan fingerprint density at radius 3 is 2.90 bits per heavy atom. The lowest BCUT2D eigenvalue weighted by molar-refractivity contribution is -0.129. The zero-order valence-electron chi connectivity index (χ0n) is 12.3. The van der Waals surface area contributed by atoms with Gasteiger partial charge < -0.3 is 15.4 Å². The van der Waals surface area contributed by atoms with Gasteiger partial charge in [-0.25, -0.2) is 0 Å². The number of methoxy groups -OCH3 is 1. The fourth-order valence-corrected chi connectivity index (χ4v) is 3.58. The standard InChI is InChI=1S/C16H22N2O2.ClH/c1-20-13-4-2-3-11(7-13)8-16(19)18-9-12-5-6-15(17)14(12)10-18;/h2-4,7,12,14-15H,5-6,8-10,17H2,1H3;1H. The highest BCUT2D eigenvalue weighted by molar-refractivity contribution is 5.85. The van der Waals surface area contributed by atoms with Crippen molar-refractivity contribution in [3.05, 3.63) is 29.8 Å². The summed E-state index contributed by atoms with van der Waals surface area (Å²) in [6, 6.07) is 8.02. The minimum absolute atomic E-state index is 0. The van der Waals surface area contributed by atoms with E-state index in [1.54, 1.807) is 7.11 Å². The van der Waals surface area contributed by atoms with Gasteiger partial charge in [-0.05, 0) is 42.4 Å². The average molecular weight is 311 g/mol. The number of benzene rings is 1. The normalized spacial score (nSPS) is 27.1. The zero-order chi connectivity index (χ0) is 14.1. The Balaban J connectivity index is 0.00000161. The molecule has 0 radical (unpaired) electrons. The molecule has 116 valence electrons. The van der Waals surface area contributed by atoms with Gasteiger partial charge in [-0.15, -0.1) is 12.4 Å². The van der Waals surface area contributed by atoms with Crippen LogP contribution in [0.2, 0.25) is 0 Å². The first-order valence-electron chi connectivity index (χ1n) is 7.33. The van der Waals surface area contributed by atoms with Crippen molar-refractivity contribution < 1.29 is 9.53 Å². The first-order valence-corrected chi connectivity index (χ1v) is 7.33. The second-order valence-corrected chi connectivity index (χ2v) is 5.99. The van der Waals surface area contributed by atoms with Gasteiger partial charge in [0.1, 0.15) is 5.75 Å². The van der Waals surface area contributed by atoms with E-state index >= 15 is 0 Å². The largest absolute Gasteiger partial charge is 0.497 e. The molecule has 1 aliphatic carbocycles. The maximum Gasteiger partial charge on any atom is 0.227 e. The molecule has 3 atom stereocenters. The molecule has 0 spiro atoms. The molecule has 0 bridgehead atoms. The maximum atomic E-state index is 12.4. The number of carbonyl (C=O) groups is 1. The summed E-state index contributed by atoms with van der Waals surface area (Å²) in [6.07, 6.45) is 2.74. The zero-order valence-corrected chi connectivity index (χ0v) is 13.1. The fourth-order valence-electron chi connectivity index (χ4n) is 3.58. The number of rotatable bonds is 3. The lowest BCUT2D eigenvalue weighted by Gasteiger charge is -2.19. The number of likely N-dealkylation sites (tertiary alicyclic amines) is 1. The van der Waals surface area contributed by atoms with Crippen LogP contribution in [-0.2, 0) is 11.2 Å². The second kappa shape index (κ2) is 6.67. The Labute approximate surface area is 132 Å². The molecule has 21 heavy (non-hydrogen) atoms. The van der Waals surface area contributed by atoms with Gasteiger partial charge in [-0.3, -0.25) is 4.79 Å². The SMILES string of the molecule is COc1cccc(CC(=O)N2CC3CCC(N)C3C2)c1.Cl. The van der Waals surface area contributed by atoms with Crippen LogP contribution in [0, 0.1) is 11.8 Å². The van der Waals surface area contributed by atoms with Crippen LogP contribution < -0.4 is 10.5 Å². The minimum atomic E-state index is 0. The van der Waals surface area contributed by atoms with Crippen molar-refractivity contribution in [1.29, 1.82) is 0 Å². The molecule has 2 aliphatic rings. The van der Waals surface area contributed by atoms with E-state index in [0.29, 0.717) is 18.3 Å². The van der Waals surface area contributed by atoms with E-state index in [-0.39, 0.29) is 24.4 Å². The molecular formula is C16H23ClN2O2. The van der Waals surface area contributed by atoms with Crippen LogP contribution in [0.3, 0.4) is 0 Å². The molecule has 1 aromatic carbocycles. The summed E-state index contributed by atoms with van der Waals surface area (Å²) in [5.74, 6) is 2.15. The molecule has 5 heteroatoms. The lowest BCUT2D eigenvalue weighted by Crippen LogP contribution is -2.34. The third-order valence-corrected chi connectivity index (χ3v) is 4.75. The Morgan fingerprint density at radius 1 is 1.38 bits per heavy atom. The molecule has 3 rings (SSSR count). The van der Waals surface area contributed by atoms with E-state index < -0.39 is 0 Å². The number of amides is 1. The molecule has 0 aromatic heterocycles. The van der Waals surface area contributed by atoms with E-state index in [4.69, 9.17) is 10.5 Å². The smallest absolute Gasteiger partial charge is 0.227 e. The molecule has 1 aliphatic heterocycles. The number of halogens is 1. The molecular weight excluding hydrogens is 288 g/mol. The van der Waals surface area contributed by atoms with E-state index in [2.05, 4.69) is 0 Å². The topological polar surface area (TPSA) is 55.6 Å². The number of fused-ring (bicyclic) bond motifs is 1. The van der Waals surface area contributed by atoms with Gasteiger partial charge in [0.2, 0.25) is 5.91 Å². The number of nitrogens with two attached hydrogens (primary N) is 1. The molecule has 2 fully saturated rings. The van der Waals surface area contributed by atoms with Crippen molar-refractivity contribution in [2.75, 3.05) is 20.2 Å². The van der Waals surface area contributed by atoms with Gasteiger partial charge in [-0.2, -0.15) is 0 Å². The summed E-state index contributed by atoms with van der Waals surface area (Å²) < 4.78 is 5.20. The van der Waals surface area contributed by atoms with Gasteiger partial charge >= 0.3 is 0 Å².